The standard InChI is InChI=1S/C12H10NO/c1-2-3-4-9-12-13-10-7-5-6-8-11(10)14-12/h5-8H,3-4,9H2. The van der Waals surface area contributed by atoms with E-state index in [0.717, 1.165) is 29.8 Å². The van der Waals surface area contributed by atoms with Gasteiger partial charge in [-0.3, -0.25) is 0 Å². The molecule has 1 heterocycles. The fourth-order valence-electron chi connectivity index (χ4n) is 1.35. The first-order valence-corrected chi connectivity index (χ1v) is 4.64. The summed E-state index contributed by atoms with van der Waals surface area (Å²) in [5.41, 5.74) is 1.74. The maximum atomic E-state index is 6.77. The number of hydrogen-bond acceptors (Lipinski definition) is 2. The van der Waals surface area contributed by atoms with E-state index in [-0.39, 0.29) is 0 Å². The highest BCUT2D eigenvalue weighted by Gasteiger charge is 2.03. The first-order valence-electron chi connectivity index (χ1n) is 4.64. The number of fused-ring (bicyclic) bond motifs is 1. The topological polar surface area (TPSA) is 26.0 Å². The average Bonchev–Trinajstić information content (AvgIpc) is 2.60. The number of para-hydroxylation sites is 2. The van der Waals surface area contributed by atoms with Gasteiger partial charge in [0.05, 0.1) is 0 Å². The zero-order chi connectivity index (χ0) is 9.80. The molecule has 2 nitrogen and oxygen atoms in total. The minimum Gasteiger partial charge on any atom is -0.441 e. The van der Waals surface area contributed by atoms with Crippen molar-refractivity contribution in [2.45, 2.75) is 19.3 Å². The summed E-state index contributed by atoms with van der Waals surface area (Å²) < 4.78 is 5.51. The maximum Gasteiger partial charge on any atom is 0.195 e. The van der Waals surface area contributed by atoms with Crippen molar-refractivity contribution in [3.05, 3.63) is 36.6 Å². The molecule has 0 saturated carbocycles. The number of nitrogens with zero attached hydrogens (tertiary/aromatic N) is 1. The fraction of sp³-hybridized carbons (Fsp3) is 0.250. The van der Waals surface area contributed by atoms with Gasteiger partial charge in [0.2, 0.25) is 0 Å². The summed E-state index contributed by atoms with van der Waals surface area (Å²) >= 11 is 0. The Morgan fingerprint density at radius 2 is 2.21 bits per heavy atom. The molecule has 2 aromatic rings. The third-order valence-corrected chi connectivity index (χ3v) is 2.03. The van der Waals surface area contributed by atoms with Gasteiger partial charge < -0.3 is 4.42 Å². The zero-order valence-corrected chi connectivity index (χ0v) is 7.79. The number of rotatable bonds is 3. The molecule has 69 valence electrons. The van der Waals surface area contributed by atoms with Gasteiger partial charge >= 0.3 is 0 Å². The third-order valence-electron chi connectivity index (χ3n) is 2.03. The van der Waals surface area contributed by atoms with Crippen LogP contribution in [0.1, 0.15) is 18.7 Å². The Morgan fingerprint density at radius 3 is 3.00 bits per heavy atom. The summed E-state index contributed by atoms with van der Waals surface area (Å²) in [7, 11) is 0. The third kappa shape index (κ3) is 1.77. The molecule has 0 aliphatic carbocycles. The largest absolute Gasteiger partial charge is 0.441 e. The monoisotopic (exact) mass is 184 g/mol. The number of aromatic nitrogens is 1. The molecule has 1 radical (unpaired) electrons. The molecule has 0 unspecified atom stereocenters. The van der Waals surface area contributed by atoms with Crippen molar-refractivity contribution in [3.8, 4) is 5.92 Å². The predicted octanol–water partition coefficient (Wildman–Crippen LogP) is 2.74. The lowest BCUT2D eigenvalue weighted by Gasteiger charge is -1.88. The van der Waals surface area contributed by atoms with Crippen LogP contribution >= 0.6 is 0 Å². The lowest BCUT2D eigenvalue weighted by molar-refractivity contribution is 0.521. The Hall–Kier alpha value is -1.75. The van der Waals surface area contributed by atoms with Crippen LogP contribution in [-0.4, -0.2) is 4.98 Å². The number of aryl methyl sites for hydroxylation is 1. The van der Waals surface area contributed by atoms with Crippen LogP contribution in [0.2, 0.25) is 0 Å². The summed E-state index contributed by atoms with van der Waals surface area (Å²) in [4.78, 5) is 4.33. The van der Waals surface area contributed by atoms with Crippen LogP contribution in [0.3, 0.4) is 0 Å². The Balaban J connectivity index is 2.15. The van der Waals surface area contributed by atoms with Crippen molar-refractivity contribution in [1.82, 2.24) is 4.98 Å². The van der Waals surface area contributed by atoms with Gasteiger partial charge in [0.1, 0.15) is 5.52 Å². The van der Waals surface area contributed by atoms with E-state index in [1.165, 1.54) is 0 Å². The predicted molar refractivity (Wildman–Crippen MR) is 54.1 cm³/mol. The van der Waals surface area contributed by atoms with Crippen LogP contribution in [0.4, 0.5) is 0 Å². The van der Waals surface area contributed by atoms with Crippen LogP contribution < -0.4 is 0 Å². The summed E-state index contributed by atoms with van der Waals surface area (Å²) in [6.07, 6.45) is 9.09. The molecule has 0 amide bonds. The first-order chi connectivity index (χ1) is 6.90. The van der Waals surface area contributed by atoms with E-state index in [4.69, 9.17) is 10.8 Å². The highest BCUT2D eigenvalue weighted by Crippen LogP contribution is 2.15. The van der Waals surface area contributed by atoms with Gasteiger partial charge in [-0.1, -0.05) is 18.1 Å². The van der Waals surface area contributed by atoms with Crippen molar-refractivity contribution >= 4 is 11.1 Å². The summed E-state index contributed by atoms with van der Waals surface area (Å²) in [5.74, 6) is 3.10. The normalized spacial score (nSPS) is 10.2. The molecule has 0 aliphatic rings. The van der Waals surface area contributed by atoms with Crippen molar-refractivity contribution in [3.63, 3.8) is 0 Å². The van der Waals surface area contributed by atoms with E-state index < -0.39 is 0 Å². The van der Waals surface area contributed by atoms with Gasteiger partial charge in [-0.15, -0.1) is 0 Å². The molecule has 1 aromatic carbocycles. The fourth-order valence-corrected chi connectivity index (χ4v) is 1.35. The number of unbranched alkanes of at least 4 members (excludes halogenated alkanes) is 1. The zero-order valence-electron chi connectivity index (χ0n) is 7.79. The lowest BCUT2D eigenvalue weighted by atomic mass is 10.2. The number of oxazole rings is 1. The minimum atomic E-state index is 0.665. The molecule has 0 aliphatic heterocycles. The van der Waals surface area contributed by atoms with Crippen LogP contribution in [0.5, 0.6) is 0 Å². The molecule has 1 aromatic heterocycles. The first kappa shape index (κ1) is 8.83. The maximum absolute atomic E-state index is 6.77. The van der Waals surface area contributed by atoms with Crippen LogP contribution in [0, 0.1) is 12.3 Å². The van der Waals surface area contributed by atoms with E-state index in [1.807, 2.05) is 24.3 Å². The van der Waals surface area contributed by atoms with Gasteiger partial charge in [0.25, 0.3) is 0 Å². The summed E-state index contributed by atoms with van der Waals surface area (Å²) in [5, 5.41) is 0. The van der Waals surface area contributed by atoms with Crippen molar-refractivity contribution < 1.29 is 4.42 Å². The van der Waals surface area contributed by atoms with Gasteiger partial charge in [-0.25, -0.2) is 4.98 Å². The van der Waals surface area contributed by atoms with Crippen molar-refractivity contribution in [2.75, 3.05) is 0 Å². The van der Waals surface area contributed by atoms with Crippen LogP contribution in [0.25, 0.3) is 11.1 Å². The smallest absolute Gasteiger partial charge is 0.195 e. The highest BCUT2D eigenvalue weighted by molar-refractivity contribution is 5.72. The van der Waals surface area contributed by atoms with E-state index in [2.05, 4.69) is 10.9 Å². The molecular weight excluding hydrogens is 174 g/mol. The average molecular weight is 184 g/mol. The van der Waals surface area contributed by atoms with Crippen molar-refractivity contribution in [1.29, 1.82) is 0 Å². The Kier molecular flexibility index (Phi) is 2.51. The van der Waals surface area contributed by atoms with Gasteiger partial charge in [0, 0.05) is 12.8 Å². The molecule has 14 heavy (non-hydrogen) atoms. The van der Waals surface area contributed by atoms with Crippen LogP contribution in [-0.2, 0) is 6.42 Å². The minimum absolute atomic E-state index is 0.665. The number of hydrogen-bond donors (Lipinski definition) is 0. The summed E-state index contributed by atoms with van der Waals surface area (Å²) in [6, 6.07) is 7.72. The van der Waals surface area contributed by atoms with E-state index in [0.29, 0.717) is 6.42 Å². The SMILES string of the molecule is [C]#CCCCc1nc2ccccc2o1. The molecule has 0 saturated heterocycles. The molecule has 0 atom stereocenters. The molecule has 0 N–H and O–H groups in total. The highest BCUT2D eigenvalue weighted by atomic mass is 16.3. The van der Waals surface area contributed by atoms with Crippen molar-refractivity contribution in [2.24, 2.45) is 0 Å². The number of benzene rings is 1. The molecule has 0 spiro atoms. The Bertz CT molecular complexity index is 431. The Morgan fingerprint density at radius 1 is 1.36 bits per heavy atom. The Labute approximate surface area is 83.0 Å². The van der Waals surface area contributed by atoms with E-state index in [1.54, 1.807) is 0 Å². The summed E-state index contributed by atoms with van der Waals surface area (Å²) in [6.45, 7) is 0. The second-order valence-electron chi connectivity index (χ2n) is 3.11. The lowest BCUT2D eigenvalue weighted by Crippen LogP contribution is -1.83. The van der Waals surface area contributed by atoms with E-state index in [9.17, 15) is 0 Å². The second-order valence-corrected chi connectivity index (χ2v) is 3.11. The van der Waals surface area contributed by atoms with Crippen LogP contribution in [0.15, 0.2) is 28.7 Å². The van der Waals surface area contributed by atoms with Gasteiger partial charge in [-0.2, -0.15) is 0 Å². The second kappa shape index (κ2) is 3.97. The molecule has 0 bridgehead atoms. The van der Waals surface area contributed by atoms with Gasteiger partial charge in [-0.05, 0) is 25.0 Å². The quantitative estimate of drug-likeness (QED) is 0.541. The molecule has 2 rings (SSSR count). The molecule has 0 fully saturated rings. The molecular formula is C12H10NO. The van der Waals surface area contributed by atoms with E-state index >= 15 is 0 Å². The van der Waals surface area contributed by atoms with Gasteiger partial charge in [0.15, 0.2) is 11.5 Å². The molecule has 2 heteroatoms.